The minimum absolute atomic E-state index is 0.0523. The molecule has 7 nitrogen and oxygen atoms in total. The van der Waals surface area contributed by atoms with E-state index in [2.05, 4.69) is 4.72 Å². The summed E-state index contributed by atoms with van der Waals surface area (Å²) in [6.07, 6.45) is 1.58. The number of esters is 1. The zero-order valence-electron chi connectivity index (χ0n) is 16.4. The summed E-state index contributed by atoms with van der Waals surface area (Å²) in [4.78, 5) is 24.7. The topological polar surface area (TPSA) is 102 Å². The molecule has 2 fully saturated rings. The quantitative estimate of drug-likeness (QED) is 0.567. The third-order valence-electron chi connectivity index (χ3n) is 5.46. The number of carboxylic acid groups (broad SMARTS) is 1. The van der Waals surface area contributed by atoms with Crippen LogP contribution in [-0.4, -0.2) is 56.6 Å². The first kappa shape index (κ1) is 21.3. The molecule has 3 atom stereocenters. The van der Waals surface area contributed by atoms with Gasteiger partial charge in [-0.2, -0.15) is 0 Å². The van der Waals surface area contributed by atoms with Gasteiger partial charge in [-0.05, 0) is 45.4 Å². The van der Waals surface area contributed by atoms with Gasteiger partial charge in [-0.3, -0.25) is 4.79 Å². The van der Waals surface area contributed by atoms with Crippen molar-refractivity contribution in [2.24, 2.45) is 11.3 Å². The number of amides is 1. The first-order chi connectivity index (χ1) is 11.9. The molecule has 2 N–H and O–H groups in total. The Morgan fingerprint density at radius 1 is 1.31 bits per heavy atom. The van der Waals surface area contributed by atoms with Crippen LogP contribution in [0, 0.1) is 11.3 Å². The molecule has 1 spiro atoms. The lowest BCUT2D eigenvalue weighted by Crippen LogP contribution is -2.53. The van der Waals surface area contributed by atoms with E-state index in [0.717, 1.165) is 0 Å². The maximum absolute atomic E-state index is 12.6. The van der Waals surface area contributed by atoms with Crippen LogP contribution in [0.3, 0.4) is 0 Å². The number of hydrogen-bond acceptors (Lipinski definition) is 5. The minimum Gasteiger partial charge on any atom is -0.598 e. The van der Waals surface area contributed by atoms with Gasteiger partial charge in [-0.25, -0.2) is 4.79 Å². The largest absolute Gasteiger partial charge is 0.598 e. The van der Waals surface area contributed by atoms with Crippen LogP contribution in [0.25, 0.3) is 0 Å². The second kappa shape index (κ2) is 7.94. The van der Waals surface area contributed by atoms with Crippen LogP contribution in [0.5, 0.6) is 0 Å². The van der Waals surface area contributed by atoms with E-state index >= 15 is 0 Å². The molecule has 3 unspecified atom stereocenters. The van der Waals surface area contributed by atoms with E-state index in [4.69, 9.17) is 4.74 Å². The van der Waals surface area contributed by atoms with Crippen LogP contribution in [0.4, 0.5) is 4.79 Å². The second-order valence-electron chi connectivity index (χ2n) is 8.84. The van der Waals surface area contributed by atoms with Gasteiger partial charge in [-0.15, -0.1) is 4.72 Å². The van der Waals surface area contributed by atoms with Gasteiger partial charge in [0.25, 0.3) is 0 Å². The minimum atomic E-state index is -1.23. The van der Waals surface area contributed by atoms with Gasteiger partial charge in [0.15, 0.2) is 0 Å². The number of hydrogen-bond donors (Lipinski definition) is 2. The Morgan fingerprint density at radius 2 is 1.88 bits per heavy atom. The number of ether oxygens (including phenoxy) is 1. The van der Waals surface area contributed by atoms with E-state index in [9.17, 15) is 19.2 Å². The first-order valence-corrected chi connectivity index (χ1v) is 10.5. The zero-order chi connectivity index (χ0) is 19.7. The van der Waals surface area contributed by atoms with Gasteiger partial charge >= 0.3 is 12.1 Å². The average Bonchev–Trinajstić information content (AvgIpc) is 2.83. The fourth-order valence-corrected chi connectivity index (χ4v) is 4.72. The smallest absolute Gasteiger partial charge is 0.407 e. The van der Waals surface area contributed by atoms with Gasteiger partial charge < -0.3 is 19.3 Å². The summed E-state index contributed by atoms with van der Waals surface area (Å²) < 4.78 is 21.2. The zero-order valence-corrected chi connectivity index (χ0v) is 17.2. The standard InChI is InChI=1S/C18H32N2O5S/c1-12(2)15(21)25-13-10-14(19-26(24)17(3,4)5)18(11-13)6-8-20(9-7-18)16(22)23/h12-14,19H,6-11H2,1-5H3,(H,22,23). The van der Waals surface area contributed by atoms with Gasteiger partial charge in [-0.1, -0.05) is 13.8 Å². The third kappa shape index (κ3) is 4.84. The maximum Gasteiger partial charge on any atom is 0.407 e. The monoisotopic (exact) mass is 388 g/mol. The molecular weight excluding hydrogens is 356 g/mol. The van der Waals surface area contributed by atoms with Crippen molar-refractivity contribution in [3.05, 3.63) is 0 Å². The lowest BCUT2D eigenvalue weighted by molar-refractivity contribution is -0.152. The summed E-state index contributed by atoms with van der Waals surface area (Å²) in [6, 6.07) is -0.0523. The van der Waals surface area contributed by atoms with Crippen LogP contribution < -0.4 is 4.72 Å². The first-order valence-electron chi connectivity index (χ1n) is 9.31. The number of carbonyl (C=O) groups is 2. The highest BCUT2D eigenvalue weighted by molar-refractivity contribution is 7.90. The normalized spacial score (nSPS) is 27.0. The summed E-state index contributed by atoms with van der Waals surface area (Å²) in [5.41, 5.74) is -0.186. The van der Waals surface area contributed by atoms with E-state index in [1.165, 1.54) is 4.90 Å². The molecule has 1 saturated carbocycles. The van der Waals surface area contributed by atoms with Crippen molar-refractivity contribution in [3.63, 3.8) is 0 Å². The molecule has 1 amide bonds. The van der Waals surface area contributed by atoms with Gasteiger partial charge in [0, 0.05) is 30.9 Å². The van der Waals surface area contributed by atoms with Crippen LogP contribution in [0.1, 0.15) is 60.3 Å². The molecule has 0 bridgehead atoms. The third-order valence-corrected chi connectivity index (χ3v) is 7.07. The Morgan fingerprint density at radius 3 is 2.35 bits per heavy atom. The Balaban J connectivity index is 2.13. The van der Waals surface area contributed by atoms with Crippen molar-refractivity contribution in [3.8, 4) is 0 Å². The predicted octanol–water partition coefficient (Wildman–Crippen LogP) is 2.53. The molecule has 0 aromatic rings. The molecule has 1 saturated heterocycles. The van der Waals surface area contributed by atoms with Crippen molar-refractivity contribution in [2.75, 3.05) is 13.1 Å². The van der Waals surface area contributed by atoms with Crippen LogP contribution in [-0.2, 0) is 20.9 Å². The molecular formula is C18H32N2O5S. The van der Waals surface area contributed by atoms with Crippen molar-refractivity contribution in [1.29, 1.82) is 0 Å². The number of nitrogens with one attached hydrogen (secondary N) is 1. The molecule has 0 aromatic heterocycles. The Bertz CT molecular complexity index is 526. The Kier molecular flexibility index (Phi) is 6.51. The highest BCUT2D eigenvalue weighted by atomic mass is 32.2. The molecule has 1 aliphatic heterocycles. The molecule has 2 rings (SSSR count). The highest BCUT2D eigenvalue weighted by Gasteiger charge is 2.52. The van der Waals surface area contributed by atoms with Crippen molar-refractivity contribution in [1.82, 2.24) is 9.62 Å². The number of nitrogens with zero attached hydrogens (tertiary/aromatic N) is 1. The van der Waals surface area contributed by atoms with Crippen molar-refractivity contribution < 1.29 is 24.0 Å². The highest BCUT2D eigenvalue weighted by Crippen LogP contribution is 2.48. The van der Waals surface area contributed by atoms with Crippen molar-refractivity contribution in [2.45, 2.75) is 77.2 Å². The lowest BCUT2D eigenvalue weighted by atomic mass is 9.74. The summed E-state index contributed by atoms with van der Waals surface area (Å²) in [7, 11) is 0. The van der Waals surface area contributed by atoms with E-state index in [1.54, 1.807) is 0 Å². The van der Waals surface area contributed by atoms with Crippen LogP contribution in [0.2, 0.25) is 0 Å². The fraction of sp³-hybridized carbons (Fsp3) is 0.889. The SMILES string of the molecule is CC(C)C(=O)OC1CC(N[S+]([O-])C(C)(C)C)C2(CCN(C(=O)O)CC2)C1. The number of likely N-dealkylation sites (tertiary alicyclic amines) is 1. The predicted molar refractivity (Wildman–Crippen MR) is 100 cm³/mol. The molecule has 150 valence electrons. The summed E-state index contributed by atoms with van der Waals surface area (Å²) in [5.74, 6) is -0.402. The summed E-state index contributed by atoms with van der Waals surface area (Å²) >= 11 is -1.23. The molecule has 0 aromatic carbocycles. The molecule has 1 heterocycles. The van der Waals surface area contributed by atoms with Crippen molar-refractivity contribution >= 4 is 23.4 Å². The fourth-order valence-electron chi connectivity index (χ4n) is 3.76. The Labute approximate surface area is 159 Å². The second-order valence-corrected chi connectivity index (χ2v) is 10.8. The van der Waals surface area contributed by atoms with E-state index in [-0.39, 0.29) is 29.4 Å². The molecule has 2 aliphatic rings. The molecule has 8 heteroatoms. The summed E-state index contributed by atoms with van der Waals surface area (Å²) in [5, 5.41) is 9.21. The number of carbonyl (C=O) groups excluding carboxylic acids is 1. The van der Waals surface area contributed by atoms with E-state index in [1.807, 2.05) is 34.6 Å². The molecule has 1 aliphatic carbocycles. The summed E-state index contributed by atoms with van der Waals surface area (Å²) in [6.45, 7) is 10.3. The maximum atomic E-state index is 12.6. The van der Waals surface area contributed by atoms with Gasteiger partial charge in [0.05, 0.1) is 12.0 Å². The number of piperidine rings is 1. The molecule has 26 heavy (non-hydrogen) atoms. The van der Waals surface area contributed by atoms with E-state index < -0.39 is 22.2 Å². The van der Waals surface area contributed by atoms with Gasteiger partial charge in [0.2, 0.25) is 0 Å². The van der Waals surface area contributed by atoms with E-state index in [0.29, 0.717) is 38.8 Å². The Hall–Kier alpha value is -0.990. The average molecular weight is 389 g/mol. The van der Waals surface area contributed by atoms with Crippen LogP contribution >= 0.6 is 0 Å². The van der Waals surface area contributed by atoms with Crippen LogP contribution in [0.15, 0.2) is 0 Å². The number of rotatable bonds is 4. The molecule has 0 radical (unpaired) electrons. The lowest BCUT2D eigenvalue weighted by Gasteiger charge is -2.42. The van der Waals surface area contributed by atoms with Gasteiger partial charge in [0.1, 0.15) is 10.9 Å².